The Balaban J connectivity index is 1.97. The summed E-state index contributed by atoms with van der Waals surface area (Å²) in [6.45, 7) is 0.298. The van der Waals surface area contributed by atoms with Gasteiger partial charge in [0.1, 0.15) is 0 Å². The van der Waals surface area contributed by atoms with Gasteiger partial charge in [-0.05, 0) is 37.7 Å². The van der Waals surface area contributed by atoms with Gasteiger partial charge < -0.3 is 20.9 Å². The fraction of sp³-hybridized carbons (Fsp3) is 0.615. The third-order valence-corrected chi connectivity index (χ3v) is 3.56. The van der Waals surface area contributed by atoms with Gasteiger partial charge in [-0.15, -0.1) is 0 Å². The van der Waals surface area contributed by atoms with E-state index in [1.54, 1.807) is 19.2 Å². The predicted octanol–water partition coefficient (Wildman–Crippen LogP) is 1.64. The van der Waals surface area contributed by atoms with Gasteiger partial charge in [0.05, 0.1) is 12.8 Å². The first kappa shape index (κ1) is 13.0. The Bertz CT molecular complexity index is 390. The smallest absolute Gasteiger partial charge is 0.215 e. The van der Waals surface area contributed by atoms with Crippen molar-refractivity contribution in [3.63, 3.8) is 0 Å². The fourth-order valence-corrected chi connectivity index (χ4v) is 2.36. The normalized spacial score (nSPS) is 23.7. The Morgan fingerprint density at radius 1 is 1.39 bits per heavy atom. The number of hydrogen-bond acceptors (Lipinski definition) is 5. The lowest BCUT2D eigenvalue weighted by molar-refractivity contribution is 0.185. The molecule has 18 heavy (non-hydrogen) atoms. The molecule has 0 radical (unpaired) electrons. The molecule has 1 aliphatic carbocycles. The van der Waals surface area contributed by atoms with Crippen molar-refractivity contribution in [3.05, 3.63) is 12.1 Å². The molecule has 1 aliphatic rings. The third-order valence-electron chi connectivity index (χ3n) is 3.56. The van der Waals surface area contributed by atoms with Crippen molar-refractivity contribution in [2.75, 3.05) is 24.8 Å². The van der Waals surface area contributed by atoms with Crippen molar-refractivity contribution < 1.29 is 9.84 Å². The molecule has 4 N–H and O–H groups in total. The van der Waals surface area contributed by atoms with E-state index in [0.29, 0.717) is 36.0 Å². The highest BCUT2D eigenvalue weighted by Crippen LogP contribution is 2.28. The summed E-state index contributed by atoms with van der Waals surface area (Å²) in [5.41, 5.74) is 6.53. The van der Waals surface area contributed by atoms with Crippen LogP contribution in [0.5, 0.6) is 5.88 Å². The fourth-order valence-electron chi connectivity index (χ4n) is 2.36. The Morgan fingerprint density at radius 3 is 2.72 bits per heavy atom. The molecule has 1 saturated carbocycles. The SMILES string of the molecule is COc1ccc(N)c(NC2CCC(CO)CC2)n1. The molecule has 1 aromatic rings. The summed E-state index contributed by atoms with van der Waals surface area (Å²) in [6.07, 6.45) is 4.20. The minimum absolute atomic E-state index is 0.298. The number of aromatic nitrogens is 1. The maximum absolute atomic E-state index is 9.11. The highest BCUT2D eigenvalue weighted by atomic mass is 16.5. The summed E-state index contributed by atoms with van der Waals surface area (Å²) >= 11 is 0. The Morgan fingerprint density at radius 2 is 2.11 bits per heavy atom. The van der Waals surface area contributed by atoms with Crippen LogP contribution in [0.15, 0.2) is 12.1 Å². The van der Waals surface area contributed by atoms with E-state index in [1.165, 1.54) is 0 Å². The van der Waals surface area contributed by atoms with Crippen LogP contribution in [0.25, 0.3) is 0 Å². The van der Waals surface area contributed by atoms with Crippen LogP contribution in [-0.4, -0.2) is 29.8 Å². The first-order chi connectivity index (χ1) is 8.72. The van der Waals surface area contributed by atoms with Crippen LogP contribution in [0.1, 0.15) is 25.7 Å². The van der Waals surface area contributed by atoms with Crippen molar-refractivity contribution in [2.24, 2.45) is 5.92 Å². The van der Waals surface area contributed by atoms with Crippen LogP contribution in [0, 0.1) is 5.92 Å². The van der Waals surface area contributed by atoms with E-state index in [1.807, 2.05) is 0 Å². The topological polar surface area (TPSA) is 80.4 Å². The molecule has 0 saturated heterocycles. The number of nitrogens with zero attached hydrogens (tertiary/aromatic N) is 1. The Labute approximate surface area is 107 Å². The summed E-state index contributed by atoms with van der Waals surface area (Å²) in [5.74, 6) is 1.72. The number of aliphatic hydroxyl groups excluding tert-OH is 1. The van der Waals surface area contributed by atoms with Crippen molar-refractivity contribution in [3.8, 4) is 5.88 Å². The highest BCUT2D eigenvalue weighted by Gasteiger charge is 2.21. The van der Waals surface area contributed by atoms with Crippen LogP contribution in [0.4, 0.5) is 11.5 Å². The quantitative estimate of drug-likeness (QED) is 0.758. The third kappa shape index (κ3) is 3.04. The van der Waals surface area contributed by atoms with Gasteiger partial charge in [-0.3, -0.25) is 0 Å². The van der Waals surface area contributed by atoms with E-state index in [0.717, 1.165) is 25.7 Å². The molecule has 0 amide bonds. The molecule has 1 fully saturated rings. The van der Waals surface area contributed by atoms with Crippen LogP contribution in [0.3, 0.4) is 0 Å². The number of anilines is 2. The maximum atomic E-state index is 9.11. The Hall–Kier alpha value is -1.49. The Kier molecular flexibility index (Phi) is 4.25. The zero-order valence-corrected chi connectivity index (χ0v) is 10.7. The highest BCUT2D eigenvalue weighted by molar-refractivity contribution is 5.62. The largest absolute Gasteiger partial charge is 0.481 e. The maximum Gasteiger partial charge on any atom is 0.215 e. The summed E-state index contributed by atoms with van der Waals surface area (Å²) in [6, 6.07) is 3.94. The molecule has 5 nitrogen and oxygen atoms in total. The number of aliphatic hydroxyl groups is 1. The molecule has 0 aliphatic heterocycles. The number of ether oxygens (including phenoxy) is 1. The van der Waals surface area contributed by atoms with Crippen molar-refractivity contribution >= 4 is 11.5 Å². The van der Waals surface area contributed by atoms with E-state index in [9.17, 15) is 0 Å². The van der Waals surface area contributed by atoms with Gasteiger partial charge in [0.25, 0.3) is 0 Å². The van der Waals surface area contributed by atoms with Crippen molar-refractivity contribution in [2.45, 2.75) is 31.7 Å². The molecule has 0 atom stereocenters. The van der Waals surface area contributed by atoms with Crippen molar-refractivity contribution in [1.29, 1.82) is 0 Å². The second-order valence-electron chi connectivity index (χ2n) is 4.84. The van der Waals surface area contributed by atoms with Gasteiger partial charge in [-0.1, -0.05) is 0 Å². The first-order valence-corrected chi connectivity index (χ1v) is 6.41. The second kappa shape index (κ2) is 5.91. The lowest BCUT2D eigenvalue weighted by Crippen LogP contribution is -2.28. The van der Waals surface area contributed by atoms with E-state index < -0.39 is 0 Å². The zero-order valence-electron chi connectivity index (χ0n) is 10.7. The number of rotatable bonds is 4. The van der Waals surface area contributed by atoms with Crippen LogP contribution in [-0.2, 0) is 0 Å². The molecule has 0 unspecified atom stereocenters. The van der Waals surface area contributed by atoms with E-state index in [2.05, 4.69) is 10.3 Å². The molecule has 5 heteroatoms. The van der Waals surface area contributed by atoms with Crippen LogP contribution < -0.4 is 15.8 Å². The summed E-state index contributed by atoms with van der Waals surface area (Å²) in [7, 11) is 1.59. The molecule has 1 aromatic heterocycles. The average Bonchev–Trinajstić information content (AvgIpc) is 2.42. The monoisotopic (exact) mass is 251 g/mol. The lowest BCUT2D eigenvalue weighted by atomic mass is 9.86. The number of hydrogen-bond donors (Lipinski definition) is 3. The van der Waals surface area contributed by atoms with Crippen LogP contribution >= 0.6 is 0 Å². The minimum Gasteiger partial charge on any atom is -0.481 e. The van der Waals surface area contributed by atoms with Gasteiger partial charge in [-0.2, -0.15) is 4.98 Å². The van der Waals surface area contributed by atoms with Gasteiger partial charge >= 0.3 is 0 Å². The molecular weight excluding hydrogens is 230 g/mol. The number of methoxy groups -OCH3 is 1. The predicted molar refractivity (Wildman–Crippen MR) is 71.7 cm³/mol. The van der Waals surface area contributed by atoms with Gasteiger partial charge in [0.15, 0.2) is 5.82 Å². The van der Waals surface area contributed by atoms with Gasteiger partial charge in [0, 0.05) is 18.7 Å². The van der Waals surface area contributed by atoms with E-state index in [4.69, 9.17) is 15.6 Å². The van der Waals surface area contributed by atoms with Gasteiger partial charge in [-0.25, -0.2) is 0 Å². The molecule has 0 bridgehead atoms. The molecule has 0 spiro atoms. The second-order valence-corrected chi connectivity index (χ2v) is 4.84. The first-order valence-electron chi connectivity index (χ1n) is 6.41. The number of nitrogens with one attached hydrogen (secondary N) is 1. The number of nitrogen functional groups attached to an aromatic ring is 1. The summed E-state index contributed by atoms with van der Waals surface area (Å²) in [4.78, 5) is 4.32. The molecular formula is C13H21N3O2. The molecule has 100 valence electrons. The van der Waals surface area contributed by atoms with Crippen LogP contribution in [0.2, 0.25) is 0 Å². The molecule has 0 aromatic carbocycles. The summed E-state index contributed by atoms with van der Waals surface area (Å²) < 4.78 is 5.09. The molecule has 2 rings (SSSR count). The standard InChI is InChI=1S/C13H21N3O2/c1-18-12-7-6-11(14)13(16-12)15-10-4-2-9(8-17)3-5-10/h6-7,9-10,17H,2-5,8,14H2,1H3,(H,15,16). The average molecular weight is 251 g/mol. The van der Waals surface area contributed by atoms with E-state index in [-0.39, 0.29) is 0 Å². The zero-order chi connectivity index (χ0) is 13.0. The van der Waals surface area contributed by atoms with Gasteiger partial charge in [0.2, 0.25) is 5.88 Å². The number of nitrogens with two attached hydrogens (primary N) is 1. The van der Waals surface area contributed by atoms with Crippen molar-refractivity contribution in [1.82, 2.24) is 4.98 Å². The lowest BCUT2D eigenvalue weighted by Gasteiger charge is -2.28. The van der Waals surface area contributed by atoms with E-state index >= 15 is 0 Å². The minimum atomic E-state index is 0.298. The summed E-state index contributed by atoms with van der Waals surface area (Å²) in [5, 5.41) is 12.5. The number of pyridine rings is 1. The molecule has 1 heterocycles.